The van der Waals surface area contributed by atoms with Gasteiger partial charge >= 0.3 is 6.01 Å². The molecule has 0 saturated heterocycles. The van der Waals surface area contributed by atoms with Crippen molar-refractivity contribution in [1.29, 1.82) is 0 Å². The van der Waals surface area contributed by atoms with E-state index in [0.717, 1.165) is 5.56 Å². The predicted octanol–water partition coefficient (Wildman–Crippen LogP) is 4.29. The molecule has 1 aromatic carbocycles. The number of hydrogen-bond donors (Lipinski definition) is 1. The van der Waals surface area contributed by atoms with Crippen molar-refractivity contribution in [3.63, 3.8) is 0 Å². The minimum atomic E-state index is -0.240. The Morgan fingerprint density at radius 3 is 2.68 bits per heavy atom. The average Bonchev–Trinajstić information content (AvgIpc) is 3.06. The molecule has 0 bridgehead atoms. The van der Waals surface area contributed by atoms with Crippen molar-refractivity contribution >= 4 is 46.5 Å². The smallest absolute Gasteiger partial charge is 0.322 e. The first-order valence-corrected chi connectivity index (χ1v) is 7.81. The highest BCUT2D eigenvalue weighted by Crippen LogP contribution is 2.37. The summed E-state index contributed by atoms with van der Waals surface area (Å²) >= 11 is 13.1. The number of anilines is 1. The molecule has 0 fully saturated rings. The molecule has 0 unspecified atom stereocenters. The van der Waals surface area contributed by atoms with Crippen LogP contribution >= 0.6 is 34.5 Å². The molecule has 112 valence electrons. The van der Waals surface area contributed by atoms with E-state index in [9.17, 15) is 4.79 Å². The van der Waals surface area contributed by atoms with Crippen molar-refractivity contribution in [3.05, 3.63) is 50.6 Å². The first-order chi connectivity index (χ1) is 10.6. The van der Waals surface area contributed by atoms with Crippen LogP contribution in [-0.2, 0) is 11.2 Å². The Morgan fingerprint density at radius 2 is 2.00 bits per heavy atom. The highest BCUT2D eigenvalue weighted by molar-refractivity contribution is 7.20. The molecule has 0 saturated carbocycles. The topological polar surface area (TPSA) is 68.0 Å². The zero-order valence-electron chi connectivity index (χ0n) is 11.0. The van der Waals surface area contributed by atoms with Gasteiger partial charge in [0.1, 0.15) is 4.34 Å². The summed E-state index contributed by atoms with van der Waals surface area (Å²) in [5.41, 5.74) is 1.44. The van der Waals surface area contributed by atoms with Gasteiger partial charge in [0.15, 0.2) is 0 Å². The van der Waals surface area contributed by atoms with Gasteiger partial charge in [0, 0.05) is 0 Å². The number of carbonyl (C=O) groups excluding carboxylic acids is 1. The van der Waals surface area contributed by atoms with Gasteiger partial charge in [0.2, 0.25) is 5.91 Å². The van der Waals surface area contributed by atoms with Gasteiger partial charge in [-0.25, -0.2) is 0 Å². The first kappa shape index (κ1) is 15.0. The molecule has 3 aromatic rings. The minimum Gasteiger partial charge on any atom is -0.403 e. The fourth-order valence-corrected chi connectivity index (χ4v) is 3.26. The number of thiophene rings is 1. The molecule has 2 aromatic heterocycles. The van der Waals surface area contributed by atoms with Crippen LogP contribution in [0.25, 0.3) is 11.5 Å². The summed E-state index contributed by atoms with van der Waals surface area (Å²) in [6.07, 6.45) is 0.226. The molecule has 1 amide bonds. The van der Waals surface area contributed by atoms with E-state index < -0.39 is 0 Å². The molecule has 0 aliphatic carbocycles. The lowest BCUT2D eigenvalue weighted by atomic mass is 10.1. The molecule has 2 heterocycles. The molecule has 0 atom stereocenters. The maximum Gasteiger partial charge on any atom is 0.322 e. The number of nitrogens with zero attached hydrogens (tertiary/aromatic N) is 2. The number of hydrogen-bond acceptors (Lipinski definition) is 5. The van der Waals surface area contributed by atoms with Crippen LogP contribution in [-0.4, -0.2) is 16.1 Å². The Kier molecular flexibility index (Phi) is 4.42. The van der Waals surface area contributed by atoms with E-state index in [1.54, 1.807) is 6.07 Å². The Morgan fingerprint density at radius 1 is 1.23 bits per heavy atom. The van der Waals surface area contributed by atoms with Crippen molar-refractivity contribution in [2.45, 2.75) is 6.42 Å². The Hall–Kier alpha value is -1.89. The van der Waals surface area contributed by atoms with Crippen LogP contribution < -0.4 is 5.32 Å². The molecule has 5 nitrogen and oxygen atoms in total. The zero-order chi connectivity index (χ0) is 15.5. The summed E-state index contributed by atoms with van der Waals surface area (Å²) in [5.74, 6) is -0.0287. The summed E-state index contributed by atoms with van der Waals surface area (Å²) in [7, 11) is 0. The monoisotopic (exact) mass is 353 g/mol. The van der Waals surface area contributed by atoms with Crippen LogP contribution in [0.3, 0.4) is 0 Å². The number of aromatic nitrogens is 2. The molecule has 0 aliphatic heterocycles. The van der Waals surface area contributed by atoms with Crippen molar-refractivity contribution in [2.24, 2.45) is 0 Å². The molecule has 22 heavy (non-hydrogen) atoms. The number of benzene rings is 1. The van der Waals surface area contributed by atoms with E-state index >= 15 is 0 Å². The number of amides is 1. The molecule has 0 aliphatic rings. The largest absolute Gasteiger partial charge is 0.403 e. The second kappa shape index (κ2) is 6.48. The van der Waals surface area contributed by atoms with Crippen LogP contribution in [0.2, 0.25) is 8.67 Å². The second-order valence-electron chi connectivity index (χ2n) is 4.36. The molecular weight excluding hydrogens is 345 g/mol. The van der Waals surface area contributed by atoms with Crippen molar-refractivity contribution < 1.29 is 9.21 Å². The zero-order valence-corrected chi connectivity index (χ0v) is 13.4. The van der Waals surface area contributed by atoms with Crippen LogP contribution in [0.4, 0.5) is 6.01 Å². The summed E-state index contributed by atoms with van der Waals surface area (Å²) < 4.78 is 6.36. The third-order valence-corrected chi connectivity index (χ3v) is 4.25. The molecule has 0 radical (unpaired) electrons. The second-order valence-corrected chi connectivity index (χ2v) is 6.65. The maximum atomic E-state index is 11.9. The number of halogens is 2. The number of rotatable bonds is 4. The van der Waals surface area contributed by atoms with Crippen LogP contribution in [0, 0.1) is 0 Å². The van der Waals surface area contributed by atoms with Crippen molar-refractivity contribution in [1.82, 2.24) is 10.2 Å². The third-order valence-electron chi connectivity index (χ3n) is 2.77. The number of nitrogens with one attached hydrogen (secondary N) is 1. The van der Waals surface area contributed by atoms with Crippen LogP contribution in [0.5, 0.6) is 0 Å². The van der Waals surface area contributed by atoms with E-state index in [0.29, 0.717) is 14.2 Å². The van der Waals surface area contributed by atoms with Gasteiger partial charge < -0.3 is 4.42 Å². The normalized spacial score (nSPS) is 10.6. The van der Waals surface area contributed by atoms with E-state index in [1.165, 1.54) is 11.3 Å². The molecule has 1 N–H and O–H groups in total. The van der Waals surface area contributed by atoms with E-state index in [2.05, 4.69) is 15.5 Å². The average molecular weight is 354 g/mol. The SMILES string of the molecule is O=C(Cc1ccccc1)Nc1nnc(-c2cc(Cl)sc2Cl)o1. The van der Waals surface area contributed by atoms with Gasteiger partial charge in [-0.05, 0) is 11.6 Å². The van der Waals surface area contributed by atoms with E-state index in [-0.39, 0.29) is 24.2 Å². The van der Waals surface area contributed by atoms with Crippen molar-refractivity contribution in [2.75, 3.05) is 5.32 Å². The van der Waals surface area contributed by atoms with Crippen molar-refractivity contribution in [3.8, 4) is 11.5 Å². The predicted molar refractivity (Wildman–Crippen MR) is 86.4 cm³/mol. The summed E-state index contributed by atoms with van der Waals surface area (Å²) in [5, 5.41) is 10.2. The lowest BCUT2D eigenvalue weighted by molar-refractivity contribution is -0.115. The lowest BCUT2D eigenvalue weighted by Gasteiger charge is -2.00. The van der Waals surface area contributed by atoms with E-state index in [4.69, 9.17) is 27.6 Å². The summed E-state index contributed by atoms with van der Waals surface area (Å²) in [6.45, 7) is 0. The van der Waals surface area contributed by atoms with Gasteiger partial charge in [-0.15, -0.1) is 16.4 Å². The lowest BCUT2D eigenvalue weighted by Crippen LogP contribution is -2.14. The standard InChI is InChI=1S/C14H9Cl2N3O2S/c15-10-7-9(12(16)22-10)13-18-19-14(21-13)17-11(20)6-8-4-2-1-3-5-8/h1-5,7H,6H2,(H,17,19,20). The summed E-state index contributed by atoms with van der Waals surface area (Å²) in [6, 6.07) is 11.0. The molecule has 0 spiro atoms. The van der Waals surface area contributed by atoms with Gasteiger partial charge in [0.05, 0.1) is 16.3 Å². The van der Waals surface area contributed by atoms with Gasteiger partial charge in [-0.3, -0.25) is 10.1 Å². The van der Waals surface area contributed by atoms with Crippen LogP contribution in [0.15, 0.2) is 40.8 Å². The summed E-state index contributed by atoms with van der Waals surface area (Å²) in [4.78, 5) is 11.9. The fourth-order valence-electron chi connectivity index (χ4n) is 1.81. The quantitative estimate of drug-likeness (QED) is 0.759. The first-order valence-electron chi connectivity index (χ1n) is 6.24. The van der Waals surface area contributed by atoms with Gasteiger partial charge in [-0.1, -0.05) is 58.6 Å². The highest BCUT2D eigenvalue weighted by atomic mass is 35.5. The Labute approximate surface area is 139 Å². The van der Waals surface area contributed by atoms with Gasteiger partial charge in [-0.2, -0.15) is 0 Å². The number of carbonyl (C=O) groups is 1. The maximum absolute atomic E-state index is 11.9. The fraction of sp³-hybridized carbons (Fsp3) is 0.0714. The Balaban J connectivity index is 1.69. The van der Waals surface area contributed by atoms with Gasteiger partial charge in [0.25, 0.3) is 5.89 Å². The van der Waals surface area contributed by atoms with Crippen LogP contribution in [0.1, 0.15) is 5.56 Å². The molecule has 3 rings (SSSR count). The third kappa shape index (κ3) is 3.47. The molecule has 8 heteroatoms. The van der Waals surface area contributed by atoms with E-state index in [1.807, 2.05) is 30.3 Å². The minimum absolute atomic E-state index is 0.0225. The Bertz CT molecular complexity index is 802. The molecular formula is C14H9Cl2N3O2S. The highest BCUT2D eigenvalue weighted by Gasteiger charge is 2.16.